The van der Waals surface area contributed by atoms with Crippen molar-refractivity contribution in [3.63, 3.8) is 0 Å². The summed E-state index contributed by atoms with van der Waals surface area (Å²) in [5.41, 5.74) is -0.178. The molecule has 5 nitrogen and oxygen atoms in total. The third-order valence-corrected chi connectivity index (χ3v) is 6.12. The van der Waals surface area contributed by atoms with Crippen molar-refractivity contribution in [3.05, 3.63) is 43.5 Å². The van der Waals surface area contributed by atoms with E-state index in [9.17, 15) is 9.59 Å². The molecule has 2 aromatic rings. The SMILES string of the molecule is CC(C)(C)OC(=O)N[C@H]1CC=CC[C@@H]1c1sc2c(=O)cc(Cl)[nH]c2c1Cl. The van der Waals surface area contributed by atoms with E-state index < -0.39 is 11.7 Å². The lowest BCUT2D eigenvalue weighted by molar-refractivity contribution is 0.0496. The van der Waals surface area contributed by atoms with E-state index in [1.165, 1.54) is 17.4 Å². The number of hydrogen-bond acceptors (Lipinski definition) is 4. The Morgan fingerprint density at radius 1 is 1.31 bits per heavy atom. The number of rotatable bonds is 2. The molecular formula is C18H20Cl2N2O3S. The number of thiophene rings is 1. The standard InChI is InChI=1S/C18H20Cl2N2O3S/c1-18(2,3)25-17(24)21-10-7-5-4-6-9(10)15-13(20)14-16(26-15)11(23)8-12(19)22-14/h4-5,8-10H,6-7H2,1-3H3,(H,21,24)(H,22,23)/t9-,10-/m0/s1. The molecule has 0 saturated carbocycles. The zero-order chi connectivity index (χ0) is 19.1. The number of H-pyrrole nitrogens is 1. The quantitative estimate of drug-likeness (QED) is 0.522. The lowest BCUT2D eigenvalue weighted by atomic mass is 9.88. The molecule has 1 amide bonds. The van der Waals surface area contributed by atoms with Gasteiger partial charge in [-0.25, -0.2) is 4.79 Å². The summed E-state index contributed by atoms with van der Waals surface area (Å²) in [5.74, 6) is -0.0380. The van der Waals surface area contributed by atoms with E-state index in [2.05, 4.69) is 16.4 Å². The monoisotopic (exact) mass is 414 g/mol. The molecule has 0 spiro atoms. The number of amides is 1. The average Bonchev–Trinajstić information content (AvgIpc) is 2.83. The molecule has 0 bridgehead atoms. The third kappa shape index (κ3) is 4.08. The molecule has 0 aromatic carbocycles. The van der Waals surface area contributed by atoms with Crippen LogP contribution >= 0.6 is 34.5 Å². The van der Waals surface area contributed by atoms with Crippen LogP contribution in [0.3, 0.4) is 0 Å². The molecule has 0 saturated heterocycles. The summed E-state index contributed by atoms with van der Waals surface area (Å²) in [6, 6.07) is 1.18. The van der Waals surface area contributed by atoms with Crippen LogP contribution in [0.5, 0.6) is 0 Å². The Morgan fingerprint density at radius 3 is 2.69 bits per heavy atom. The molecule has 2 aromatic heterocycles. The van der Waals surface area contributed by atoms with Crippen LogP contribution < -0.4 is 10.7 Å². The molecule has 2 heterocycles. The zero-order valence-corrected chi connectivity index (χ0v) is 17.0. The van der Waals surface area contributed by atoms with E-state index in [0.29, 0.717) is 21.7 Å². The molecule has 0 unspecified atom stereocenters. The first kappa shape index (κ1) is 19.3. The zero-order valence-electron chi connectivity index (χ0n) is 14.7. The molecular weight excluding hydrogens is 395 g/mol. The van der Waals surface area contributed by atoms with Gasteiger partial charge in [0.2, 0.25) is 5.43 Å². The summed E-state index contributed by atoms with van der Waals surface area (Å²) < 4.78 is 5.91. The van der Waals surface area contributed by atoms with Crippen LogP contribution in [0.4, 0.5) is 4.79 Å². The summed E-state index contributed by atoms with van der Waals surface area (Å²) in [6.07, 6.45) is 5.02. The van der Waals surface area contributed by atoms with Crippen LogP contribution in [-0.4, -0.2) is 22.7 Å². The van der Waals surface area contributed by atoms with Gasteiger partial charge in [-0.1, -0.05) is 35.4 Å². The lowest BCUT2D eigenvalue weighted by Gasteiger charge is -2.30. The van der Waals surface area contributed by atoms with Crippen LogP contribution in [0.2, 0.25) is 10.2 Å². The minimum absolute atomic E-state index is 0.0380. The van der Waals surface area contributed by atoms with Gasteiger partial charge in [0.05, 0.1) is 15.2 Å². The van der Waals surface area contributed by atoms with E-state index in [0.717, 1.165) is 11.3 Å². The summed E-state index contributed by atoms with van der Waals surface area (Å²) in [4.78, 5) is 28.2. The molecule has 2 atom stereocenters. The highest BCUT2D eigenvalue weighted by Gasteiger charge is 2.31. The number of allylic oxidation sites excluding steroid dienone is 1. The first-order valence-electron chi connectivity index (χ1n) is 8.31. The van der Waals surface area contributed by atoms with Gasteiger partial charge >= 0.3 is 6.09 Å². The molecule has 8 heteroatoms. The Morgan fingerprint density at radius 2 is 2.00 bits per heavy atom. The van der Waals surface area contributed by atoms with Gasteiger partial charge in [-0.2, -0.15) is 0 Å². The Balaban J connectivity index is 1.93. The highest BCUT2D eigenvalue weighted by Crippen LogP contribution is 2.42. The van der Waals surface area contributed by atoms with Crippen LogP contribution in [-0.2, 0) is 4.74 Å². The second kappa shape index (κ2) is 7.25. The van der Waals surface area contributed by atoms with Crippen molar-refractivity contribution in [1.29, 1.82) is 0 Å². The summed E-state index contributed by atoms with van der Waals surface area (Å²) in [5, 5.41) is 3.68. The molecule has 2 N–H and O–H groups in total. The van der Waals surface area contributed by atoms with Gasteiger partial charge in [-0.15, -0.1) is 11.3 Å². The predicted molar refractivity (Wildman–Crippen MR) is 107 cm³/mol. The van der Waals surface area contributed by atoms with Crippen molar-refractivity contribution >= 4 is 50.8 Å². The number of aromatic nitrogens is 1. The van der Waals surface area contributed by atoms with Crippen molar-refractivity contribution in [2.24, 2.45) is 0 Å². The maximum atomic E-state index is 12.2. The summed E-state index contributed by atoms with van der Waals surface area (Å²) in [6.45, 7) is 5.47. The van der Waals surface area contributed by atoms with Gasteiger partial charge in [0.15, 0.2) is 0 Å². The minimum Gasteiger partial charge on any atom is -0.444 e. The largest absolute Gasteiger partial charge is 0.444 e. The fraction of sp³-hybridized carbons (Fsp3) is 0.444. The molecule has 3 rings (SSSR count). The van der Waals surface area contributed by atoms with Gasteiger partial charge in [-0.05, 0) is 33.6 Å². The van der Waals surface area contributed by atoms with Crippen molar-refractivity contribution in [2.45, 2.75) is 51.2 Å². The molecule has 0 radical (unpaired) electrons. The van der Waals surface area contributed by atoms with E-state index in [1.807, 2.05) is 26.8 Å². The number of alkyl carbamates (subject to hydrolysis) is 1. The number of aromatic amines is 1. The summed E-state index contributed by atoms with van der Waals surface area (Å²) in [7, 11) is 0. The second-order valence-electron chi connectivity index (χ2n) is 7.27. The van der Waals surface area contributed by atoms with Gasteiger partial charge in [0, 0.05) is 22.9 Å². The number of carbonyl (C=O) groups excluding carboxylic acids is 1. The maximum Gasteiger partial charge on any atom is 0.407 e. The van der Waals surface area contributed by atoms with E-state index in [-0.39, 0.29) is 22.5 Å². The number of pyridine rings is 1. The molecule has 0 aliphatic heterocycles. The average molecular weight is 415 g/mol. The number of hydrogen-bond donors (Lipinski definition) is 2. The smallest absolute Gasteiger partial charge is 0.407 e. The van der Waals surface area contributed by atoms with Gasteiger partial charge < -0.3 is 15.0 Å². The molecule has 1 aliphatic rings. The van der Waals surface area contributed by atoms with E-state index in [4.69, 9.17) is 27.9 Å². The minimum atomic E-state index is -0.567. The number of carbonyl (C=O) groups is 1. The Hall–Kier alpha value is -1.50. The van der Waals surface area contributed by atoms with Crippen LogP contribution in [0.15, 0.2) is 23.0 Å². The summed E-state index contributed by atoms with van der Waals surface area (Å²) >= 11 is 13.9. The van der Waals surface area contributed by atoms with Crippen molar-refractivity contribution in [1.82, 2.24) is 10.3 Å². The van der Waals surface area contributed by atoms with E-state index in [1.54, 1.807) is 0 Å². The Labute approximate surface area is 165 Å². The van der Waals surface area contributed by atoms with Crippen molar-refractivity contribution in [2.75, 3.05) is 0 Å². The Kier molecular flexibility index (Phi) is 5.37. The van der Waals surface area contributed by atoms with Gasteiger partial charge in [0.1, 0.15) is 10.8 Å². The lowest BCUT2D eigenvalue weighted by Crippen LogP contribution is -2.42. The number of fused-ring (bicyclic) bond motifs is 1. The van der Waals surface area contributed by atoms with Crippen LogP contribution in [0, 0.1) is 0 Å². The fourth-order valence-corrected chi connectivity index (χ4v) is 4.90. The fourth-order valence-electron chi connectivity index (χ4n) is 3.01. The molecule has 26 heavy (non-hydrogen) atoms. The van der Waals surface area contributed by atoms with Crippen LogP contribution in [0.25, 0.3) is 10.2 Å². The van der Waals surface area contributed by atoms with E-state index >= 15 is 0 Å². The molecule has 140 valence electrons. The van der Waals surface area contributed by atoms with Crippen LogP contribution in [0.1, 0.15) is 44.4 Å². The number of nitrogens with one attached hydrogen (secondary N) is 2. The van der Waals surface area contributed by atoms with Gasteiger partial charge in [0.25, 0.3) is 0 Å². The Bertz CT molecular complexity index is 927. The normalized spacial score (nSPS) is 20.3. The number of ether oxygens (including phenoxy) is 1. The highest BCUT2D eigenvalue weighted by atomic mass is 35.5. The topological polar surface area (TPSA) is 71.2 Å². The van der Waals surface area contributed by atoms with Crippen molar-refractivity contribution in [3.8, 4) is 0 Å². The predicted octanol–water partition coefficient (Wildman–Crippen LogP) is 5.22. The van der Waals surface area contributed by atoms with Gasteiger partial charge in [-0.3, -0.25) is 4.79 Å². The first-order valence-corrected chi connectivity index (χ1v) is 9.88. The molecule has 0 fully saturated rings. The maximum absolute atomic E-state index is 12.2. The molecule has 1 aliphatic carbocycles. The third-order valence-electron chi connectivity index (χ3n) is 4.07. The highest BCUT2D eigenvalue weighted by molar-refractivity contribution is 7.19. The number of halogens is 2. The second-order valence-corrected chi connectivity index (χ2v) is 9.11. The van der Waals surface area contributed by atoms with Crippen molar-refractivity contribution < 1.29 is 9.53 Å². The first-order chi connectivity index (χ1) is 12.2.